The highest BCUT2D eigenvalue weighted by atomic mass is 32.1. The Balaban J connectivity index is 1.54. The first-order valence-electron chi connectivity index (χ1n) is 8.36. The van der Waals surface area contributed by atoms with Crippen molar-refractivity contribution in [3.63, 3.8) is 0 Å². The van der Waals surface area contributed by atoms with E-state index >= 15 is 0 Å². The van der Waals surface area contributed by atoms with Gasteiger partial charge < -0.3 is 10.2 Å². The number of furan rings is 1. The van der Waals surface area contributed by atoms with E-state index < -0.39 is 5.91 Å². The average Bonchev–Trinajstić information content (AvgIpc) is 3.33. The largest absolute Gasteiger partial charge is 0.459 e. The van der Waals surface area contributed by atoms with Gasteiger partial charge in [0.2, 0.25) is 11.0 Å². The molecule has 134 valence electrons. The molecule has 0 saturated carbocycles. The molecular formula is C20H16N4O2S. The summed E-state index contributed by atoms with van der Waals surface area (Å²) in [7, 11) is 0. The van der Waals surface area contributed by atoms with Crippen LogP contribution in [0.25, 0.3) is 21.5 Å². The van der Waals surface area contributed by atoms with Crippen LogP contribution in [-0.2, 0) is 0 Å². The molecule has 2 aromatic heterocycles. The molecule has 4 aromatic rings. The van der Waals surface area contributed by atoms with Crippen LogP contribution in [0.3, 0.4) is 0 Å². The van der Waals surface area contributed by atoms with Crippen LogP contribution < -0.4 is 5.73 Å². The number of hydrogen-bond donors (Lipinski definition) is 1. The maximum Gasteiger partial charge on any atom is 0.248 e. The van der Waals surface area contributed by atoms with E-state index in [0.717, 1.165) is 15.8 Å². The molecule has 0 radical (unpaired) electrons. The third-order valence-corrected chi connectivity index (χ3v) is 4.99. The second-order valence-electron chi connectivity index (χ2n) is 6.00. The smallest absolute Gasteiger partial charge is 0.248 e. The number of amides is 1. The van der Waals surface area contributed by atoms with Crippen molar-refractivity contribution < 1.29 is 9.21 Å². The third-order valence-electron chi connectivity index (χ3n) is 4.07. The first-order chi connectivity index (χ1) is 13.1. The fourth-order valence-electron chi connectivity index (χ4n) is 2.65. The summed E-state index contributed by atoms with van der Waals surface area (Å²) < 4.78 is 6.97. The summed E-state index contributed by atoms with van der Waals surface area (Å²) in [6.45, 7) is 1.90. The van der Waals surface area contributed by atoms with Crippen molar-refractivity contribution in [1.82, 2.24) is 4.98 Å². The van der Waals surface area contributed by atoms with Crippen molar-refractivity contribution in [2.24, 2.45) is 16.0 Å². The van der Waals surface area contributed by atoms with Crippen LogP contribution >= 0.6 is 11.3 Å². The minimum atomic E-state index is -0.471. The predicted molar refractivity (Wildman–Crippen MR) is 105 cm³/mol. The molecular weight excluding hydrogens is 360 g/mol. The second kappa shape index (κ2) is 7.13. The lowest BCUT2D eigenvalue weighted by Gasteiger charge is -2.02. The molecule has 0 fully saturated rings. The molecule has 1 atom stereocenters. The summed E-state index contributed by atoms with van der Waals surface area (Å²) >= 11 is 1.49. The van der Waals surface area contributed by atoms with Crippen molar-refractivity contribution in [2.45, 2.75) is 13.0 Å². The molecule has 27 heavy (non-hydrogen) atoms. The number of azo groups is 1. The van der Waals surface area contributed by atoms with Gasteiger partial charge >= 0.3 is 0 Å². The van der Waals surface area contributed by atoms with Gasteiger partial charge in [0.15, 0.2) is 0 Å². The molecule has 0 spiro atoms. The zero-order valence-corrected chi connectivity index (χ0v) is 15.3. The standard InChI is InChI=1S/C20H16N4O2S/c1-12(23-24-20-22-15-7-2-3-8-18(15)27-20)16-9-10-17(26-16)13-5-4-6-14(11-13)19(21)25/h2-12H,1H3,(H2,21,25). The number of nitrogens with two attached hydrogens (primary N) is 1. The number of benzene rings is 2. The van der Waals surface area contributed by atoms with Gasteiger partial charge in [-0.3, -0.25) is 4.79 Å². The summed E-state index contributed by atoms with van der Waals surface area (Å²) in [5, 5.41) is 9.18. The Labute approximate surface area is 159 Å². The van der Waals surface area contributed by atoms with E-state index in [9.17, 15) is 4.79 Å². The first kappa shape index (κ1) is 17.1. The van der Waals surface area contributed by atoms with E-state index in [4.69, 9.17) is 10.2 Å². The molecule has 6 nitrogen and oxygen atoms in total. The number of carbonyl (C=O) groups excluding carboxylic acids is 1. The highest BCUT2D eigenvalue weighted by Crippen LogP contribution is 2.31. The zero-order chi connectivity index (χ0) is 18.8. The second-order valence-corrected chi connectivity index (χ2v) is 7.01. The van der Waals surface area contributed by atoms with Gasteiger partial charge in [0.05, 0.1) is 10.2 Å². The van der Waals surface area contributed by atoms with Crippen LogP contribution in [0, 0.1) is 0 Å². The molecule has 1 unspecified atom stereocenters. The van der Waals surface area contributed by atoms with Gasteiger partial charge in [0.1, 0.15) is 17.6 Å². The third kappa shape index (κ3) is 3.63. The van der Waals surface area contributed by atoms with Gasteiger partial charge in [-0.1, -0.05) is 35.6 Å². The highest BCUT2D eigenvalue weighted by molar-refractivity contribution is 7.21. The van der Waals surface area contributed by atoms with Crippen molar-refractivity contribution >= 4 is 32.6 Å². The summed E-state index contributed by atoms with van der Waals surface area (Å²) in [6, 6.07) is 18.3. The van der Waals surface area contributed by atoms with E-state index in [-0.39, 0.29) is 6.04 Å². The minimum Gasteiger partial charge on any atom is -0.459 e. The van der Waals surface area contributed by atoms with Crippen LogP contribution in [0.15, 0.2) is 75.3 Å². The van der Waals surface area contributed by atoms with Crippen LogP contribution in [0.5, 0.6) is 0 Å². The van der Waals surface area contributed by atoms with Crippen molar-refractivity contribution in [2.75, 3.05) is 0 Å². The van der Waals surface area contributed by atoms with Crippen LogP contribution in [0.4, 0.5) is 5.13 Å². The topological polar surface area (TPSA) is 93.8 Å². The normalized spacial score (nSPS) is 12.6. The number of thiazole rings is 1. The number of nitrogens with zero attached hydrogens (tertiary/aromatic N) is 3. The van der Waals surface area contributed by atoms with Crippen LogP contribution in [0.2, 0.25) is 0 Å². The number of fused-ring (bicyclic) bond motifs is 1. The van der Waals surface area contributed by atoms with Gasteiger partial charge in [-0.05, 0) is 43.3 Å². The molecule has 7 heteroatoms. The number of aromatic nitrogens is 1. The molecule has 2 N–H and O–H groups in total. The van der Waals surface area contributed by atoms with Crippen LogP contribution in [-0.4, -0.2) is 10.9 Å². The van der Waals surface area contributed by atoms with Crippen molar-refractivity contribution in [1.29, 1.82) is 0 Å². The Morgan fingerprint density at radius 1 is 1.15 bits per heavy atom. The zero-order valence-electron chi connectivity index (χ0n) is 14.5. The molecule has 0 aliphatic rings. The summed E-state index contributed by atoms with van der Waals surface area (Å²) in [5.41, 5.74) is 7.47. The Morgan fingerprint density at radius 3 is 2.81 bits per heavy atom. The summed E-state index contributed by atoms with van der Waals surface area (Å²) in [4.78, 5) is 15.8. The van der Waals surface area contributed by atoms with E-state index in [2.05, 4.69) is 15.2 Å². The number of carbonyl (C=O) groups is 1. The lowest BCUT2D eigenvalue weighted by atomic mass is 10.1. The van der Waals surface area contributed by atoms with Crippen molar-refractivity contribution in [3.05, 3.63) is 72.0 Å². The average molecular weight is 376 g/mol. The van der Waals surface area contributed by atoms with Gasteiger partial charge in [0, 0.05) is 11.1 Å². The Morgan fingerprint density at radius 2 is 2.00 bits per heavy atom. The van der Waals surface area contributed by atoms with Gasteiger partial charge in [-0.2, -0.15) is 5.11 Å². The van der Waals surface area contributed by atoms with E-state index in [0.29, 0.717) is 22.2 Å². The van der Waals surface area contributed by atoms with Crippen molar-refractivity contribution in [3.8, 4) is 11.3 Å². The predicted octanol–water partition coefficient (Wildman–Crippen LogP) is 5.50. The maximum absolute atomic E-state index is 11.3. The Kier molecular flexibility index (Phi) is 4.52. The van der Waals surface area contributed by atoms with Gasteiger partial charge in [0.25, 0.3) is 0 Å². The molecule has 0 saturated heterocycles. The van der Waals surface area contributed by atoms with Crippen LogP contribution in [0.1, 0.15) is 29.1 Å². The maximum atomic E-state index is 11.3. The Hall–Kier alpha value is -3.32. The molecule has 2 heterocycles. The SMILES string of the molecule is CC(N=Nc1nc2ccccc2s1)c1ccc(-c2cccc(C(N)=O)c2)o1. The lowest BCUT2D eigenvalue weighted by Crippen LogP contribution is -2.10. The van der Waals surface area contributed by atoms with E-state index in [1.165, 1.54) is 11.3 Å². The van der Waals surface area contributed by atoms with Gasteiger partial charge in [-0.15, -0.1) is 5.11 Å². The monoisotopic (exact) mass is 376 g/mol. The number of hydrogen-bond acceptors (Lipinski definition) is 6. The molecule has 4 rings (SSSR count). The van der Waals surface area contributed by atoms with Gasteiger partial charge in [-0.25, -0.2) is 4.98 Å². The number of primary amides is 1. The lowest BCUT2D eigenvalue weighted by molar-refractivity contribution is 0.100. The summed E-state index contributed by atoms with van der Waals surface area (Å²) in [5.74, 6) is 0.858. The highest BCUT2D eigenvalue weighted by Gasteiger charge is 2.12. The van der Waals surface area contributed by atoms with E-state index in [1.807, 2.05) is 49.4 Å². The minimum absolute atomic E-state index is 0.259. The molecule has 0 aliphatic heterocycles. The number of para-hydroxylation sites is 1. The molecule has 2 aromatic carbocycles. The first-order valence-corrected chi connectivity index (χ1v) is 9.18. The fraction of sp³-hybridized carbons (Fsp3) is 0.100. The molecule has 0 bridgehead atoms. The number of rotatable bonds is 5. The summed E-state index contributed by atoms with van der Waals surface area (Å²) in [6.07, 6.45) is 0. The molecule has 1 amide bonds. The Bertz CT molecular complexity index is 1110. The van der Waals surface area contributed by atoms with E-state index in [1.54, 1.807) is 18.2 Å². The molecule has 0 aliphatic carbocycles. The quantitative estimate of drug-likeness (QED) is 0.466. The fourth-order valence-corrected chi connectivity index (χ4v) is 3.45.